The molecule has 0 atom stereocenters. The van der Waals surface area contributed by atoms with Gasteiger partial charge in [0.1, 0.15) is 0 Å². The van der Waals surface area contributed by atoms with Gasteiger partial charge >= 0.3 is 0 Å². The van der Waals surface area contributed by atoms with E-state index in [0.717, 1.165) is 6.42 Å². The molecule has 0 aromatic heterocycles. The van der Waals surface area contributed by atoms with Gasteiger partial charge in [-0.05, 0) is 12.8 Å². The molecule has 80 valence electrons. The number of hydrogen-bond donors (Lipinski definition) is 0. The Morgan fingerprint density at radius 2 is 1.23 bits per heavy atom. The van der Waals surface area contributed by atoms with E-state index >= 15 is 0 Å². The van der Waals surface area contributed by atoms with E-state index in [2.05, 4.69) is 6.92 Å². The minimum atomic E-state index is -1.04. The summed E-state index contributed by atoms with van der Waals surface area (Å²) >= 11 is 16.9. The van der Waals surface area contributed by atoms with E-state index < -0.39 is 3.79 Å². The van der Waals surface area contributed by atoms with Gasteiger partial charge in [0.15, 0.2) is 3.79 Å². The average Bonchev–Trinajstić information content (AvgIpc) is 2.01. The molecule has 0 rings (SSSR count). The van der Waals surface area contributed by atoms with Crippen LogP contribution >= 0.6 is 34.8 Å². The van der Waals surface area contributed by atoms with Crippen LogP contribution in [0.4, 0.5) is 0 Å². The zero-order valence-corrected chi connectivity index (χ0v) is 10.6. The fraction of sp³-hybridized carbons (Fsp3) is 1.00. The minimum Gasteiger partial charge on any atom is -0.0837 e. The van der Waals surface area contributed by atoms with Crippen molar-refractivity contribution in [3.8, 4) is 0 Å². The van der Waals surface area contributed by atoms with Crippen molar-refractivity contribution in [2.45, 2.75) is 62.1 Å². The van der Waals surface area contributed by atoms with Gasteiger partial charge in [-0.1, -0.05) is 80.3 Å². The molecule has 0 amide bonds. The number of rotatable bonds is 7. The van der Waals surface area contributed by atoms with E-state index in [9.17, 15) is 0 Å². The summed E-state index contributed by atoms with van der Waals surface area (Å²) in [7, 11) is 0. The van der Waals surface area contributed by atoms with Crippen LogP contribution in [-0.4, -0.2) is 3.79 Å². The molecule has 0 N–H and O–H groups in total. The summed E-state index contributed by atoms with van der Waals surface area (Å²) < 4.78 is -1.04. The van der Waals surface area contributed by atoms with Crippen molar-refractivity contribution >= 4 is 34.8 Å². The predicted octanol–water partition coefficient (Wildman–Crippen LogP) is 5.50. The molecule has 0 spiro atoms. The Kier molecular flexibility index (Phi) is 8.75. The van der Waals surface area contributed by atoms with Gasteiger partial charge in [-0.25, -0.2) is 0 Å². The maximum atomic E-state index is 5.63. The third-order valence-electron chi connectivity index (χ3n) is 2.06. The molecule has 0 heterocycles. The molecule has 0 radical (unpaired) electrons. The highest BCUT2D eigenvalue weighted by atomic mass is 35.6. The van der Waals surface area contributed by atoms with Crippen LogP contribution in [0.15, 0.2) is 0 Å². The van der Waals surface area contributed by atoms with Crippen molar-refractivity contribution in [3.63, 3.8) is 0 Å². The molecule has 0 saturated carbocycles. The lowest BCUT2D eigenvalue weighted by Gasteiger charge is -2.09. The number of halogens is 3. The van der Waals surface area contributed by atoms with E-state index in [0.29, 0.717) is 6.42 Å². The zero-order valence-electron chi connectivity index (χ0n) is 8.29. The highest BCUT2D eigenvalue weighted by molar-refractivity contribution is 6.67. The molecule has 0 aliphatic heterocycles. The maximum absolute atomic E-state index is 5.63. The van der Waals surface area contributed by atoms with Crippen LogP contribution in [0.5, 0.6) is 0 Å². The molecule has 0 bridgehead atoms. The number of alkyl halides is 3. The normalized spacial score (nSPS) is 12.0. The highest BCUT2D eigenvalue weighted by Gasteiger charge is 2.17. The largest absolute Gasteiger partial charge is 0.190 e. The smallest absolute Gasteiger partial charge is 0.0837 e. The second-order valence-electron chi connectivity index (χ2n) is 3.49. The first kappa shape index (κ1) is 13.9. The zero-order chi connectivity index (χ0) is 10.2. The molecule has 0 fully saturated rings. The lowest BCUT2D eigenvalue weighted by molar-refractivity contribution is 0.578. The molecule has 0 saturated heterocycles. The van der Waals surface area contributed by atoms with Gasteiger partial charge in [-0.15, -0.1) is 0 Å². The maximum Gasteiger partial charge on any atom is 0.190 e. The van der Waals surface area contributed by atoms with E-state index in [1.54, 1.807) is 0 Å². The standard InChI is InChI=1S/C10H19Cl3/c1-2-3-4-5-6-7-8-9-10(11,12)13/h2-9H2,1H3. The Morgan fingerprint density at radius 3 is 1.69 bits per heavy atom. The molecule has 0 nitrogen and oxygen atoms in total. The Balaban J connectivity index is 3.00. The molecule has 0 aromatic carbocycles. The van der Waals surface area contributed by atoms with Crippen molar-refractivity contribution in [2.24, 2.45) is 0 Å². The topological polar surface area (TPSA) is 0 Å². The molecular formula is C10H19Cl3. The van der Waals surface area contributed by atoms with Crippen LogP contribution in [-0.2, 0) is 0 Å². The van der Waals surface area contributed by atoms with Gasteiger partial charge in [0.05, 0.1) is 0 Å². The highest BCUT2D eigenvalue weighted by Crippen LogP contribution is 2.32. The van der Waals surface area contributed by atoms with Gasteiger partial charge in [0, 0.05) is 0 Å². The lowest BCUT2D eigenvalue weighted by Crippen LogP contribution is -2.00. The van der Waals surface area contributed by atoms with Crippen molar-refractivity contribution in [2.75, 3.05) is 0 Å². The first-order valence-corrected chi connectivity index (χ1v) is 6.26. The van der Waals surface area contributed by atoms with E-state index in [-0.39, 0.29) is 0 Å². The van der Waals surface area contributed by atoms with Gasteiger partial charge < -0.3 is 0 Å². The van der Waals surface area contributed by atoms with E-state index in [1.165, 1.54) is 38.5 Å². The van der Waals surface area contributed by atoms with Crippen LogP contribution in [0.25, 0.3) is 0 Å². The third kappa shape index (κ3) is 12.9. The summed E-state index contributed by atoms with van der Waals surface area (Å²) in [5, 5.41) is 0. The second kappa shape index (κ2) is 8.20. The van der Waals surface area contributed by atoms with Crippen molar-refractivity contribution < 1.29 is 0 Å². The van der Waals surface area contributed by atoms with Crippen LogP contribution in [0.2, 0.25) is 0 Å². The summed E-state index contributed by atoms with van der Waals surface area (Å²) in [5.41, 5.74) is 0. The molecular weight excluding hydrogens is 226 g/mol. The summed E-state index contributed by atoms with van der Waals surface area (Å²) in [5.74, 6) is 0. The third-order valence-corrected chi connectivity index (χ3v) is 2.63. The van der Waals surface area contributed by atoms with Gasteiger partial charge in [-0.2, -0.15) is 0 Å². The van der Waals surface area contributed by atoms with Crippen LogP contribution in [0.3, 0.4) is 0 Å². The predicted molar refractivity (Wildman–Crippen MR) is 62.9 cm³/mol. The Bertz CT molecular complexity index is 107. The number of hydrogen-bond acceptors (Lipinski definition) is 0. The summed E-state index contributed by atoms with van der Waals surface area (Å²) in [6.07, 6.45) is 9.52. The molecule has 13 heavy (non-hydrogen) atoms. The first-order valence-electron chi connectivity index (χ1n) is 5.13. The number of unbranched alkanes of at least 4 members (excludes halogenated alkanes) is 6. The molecule has 0 unspecified atom stereocenters. The minimum absolute atomic E-state index is 0.686. The van der Waals surface area contributed by atoms with E-state index in [4.69, 9.17) is 34.8 Å². The first-order chi connectivity index (χ1) is 6.06. The SMILES string of the molecule is CCCCCCCCCC(Cl)(Cl)Cl. The fourth-order valence-electron chi connectivity index (χ4n) is 1.28. The Hall–Kier alpha value is 0.870. The van der Waals surface area contributed by atoms with Crippen molar-refractivity contribution in [1.82, 2.24) is 0 Å². The summed E-state index contributed by atoms with van der Waals surface area (Å²) in [6, 6.07) is 0. The van der Waals surface area contributed by atoms with Crippen LogP contribution in [0.1, 0.15) is 58.3 Å². The second-order valence-corrected chi connectivity index (χ2v) is 6.00. The molecule has 0 aromatic rings. The monoisotopic (exact) mass is 244 g/mol. The summed E-state index contributed by atoms with van der Waals surface area (Å²) in [4.78, 5) is 0. The summed E-state index contributed by atoms with van der Waals surface area (Å²) in [6.45, 7) is 2.23. The molecule has 0 aliphatic rings. The fourth-order valence-corrected chi connectivity index (χ4v) is 1.68. The van der Waals surface area contributed by atoms with Crippen molar-refractivity contribution in [1.29, 1.82) is 0 Å². The van der Waals surface area contributed by atoms with Crippen molar-refractivity contribution in [3.05, 3.63) is 0 Å². The van der Waals surface area contributed by atoms with Crippen LogP contribution in [0, 0.1) is 0 Å². The molecule has 0 aliphatic carbocycles. The van der Waals surface area contributed by atoms with Gasteiger partial charge in [-0.3, -0.25) is 0 Å². The average molecular weight is 246 g/mol. The molecule has 3 heteroatoms. The lowest BCUT2D eigenvalue weighted by atomic mass is 10.1. The van der Waals surface area contributed by atoms with E-state index in [1.807, 2.05) is 0 Å². The quantitative estimate of drug-likeness (QED) is 0.410. The van der Waals surface area contributed by atoms with Gasteiger partial charge in [0.2, 0.25) is 0 Å². The Morgan fingerprint density at radius 1 is 0.769 bits per heavy atom. The van der Waals surface area contributed by atoms with Crippen LogP contribution < -0.4 is 0 Å². The Labute approximate surface area is 96.9 Å². The van der Waals surface area contributed by atoms with Gasteiger partial charge in [0.25, 0.3) is 0 Å².